The molecule has 1 unspecified atom stereocenters. The number of unbranched alkanes of at least 4 members (excludes halogenated alkanes) is 14. The van der Waals surface area contributed by atoms with Crippen molar-refractivity contribution in [1.29, 1.82) is 0 Å². The van der Waals surface area contributed by atoms with Crippen LogP contribution in [-0.4, -0.2) is 33.8 Å². The predicted molar refractivity (Wildman–Crippen MR) is 150 cm³/mol. The monoisotopic (exact) mass is 495 g/mol. The fourth-order valence-corrected chi connectivity index (χ4v) is 6.43. The number of carbonyl (C=O) groups is 1. The molecule has 1 aliphatic rings. The molecule has 4 heteroatoms. The van der Waals surface area contributed by atoms with Crippen molar-refractivity contribution in [3.8, 4) is 0 Å². The normalized spacial score (nSPS) is 19.1. The van der Waals surface area contributed by atoms with Crippen LogP contribution in [0.1, 0.15) is 164 Å². The fourth-order valence-electron chi connectivity index (χ4n) is 6.43. The zero-order valence-electron chi connectivity index (χ0n) is 24.5. The summed E-state index contributed by atoms with van der Waals surface area (Å²) in [4.78, 5) is 18.6. The highest BCUT2D eigenvalue weighted by Crippen LogP contribution is 2.45. The summed E-state index contributed by atoms with van der Waals surface area (Å²) in [6.07, 6.45) is 23.2. The van der Waals surface area contributed by atoms with Gasteiger partial charge in [0.05, 0.1) is 12.5 Å². The molecule has 0 radical (unpaired) electrons. The maximum Gasteiger partial charge on any atom is 0.306 e. The molecule has 0 saturated carbocycles. The number of piperidine rings is 1. The molecule has 0 amide bonds. The average Bonchev–Trinajstić information content (AvgIpc) is 2.77. The van der Waals surface area contributed by atoms with E-state index in [1.54, 1.807) is 0 Å². The van der Waals surface area contributed by atoms with E-state index in [0.717, 1.165) is 38.7 Å². The minimum atomic E-state index is -0.599. The molecule has 208 valence electrons. The molecule has 0 spiro atoms. The minimum Gasteiger partial charge on any atom is -0.481 e. The van der Waals surface area contributed by atoms with Crippen LogP contribution < -0.4 is 0 Å². The maximum absolute atomic E-state index is 12.3. The molecule has 0 aromatic heterocycles. The number of hydroxylamine groups is 2. The van der Waals surface area contributed by atoms with E-state index >= 15 is 0 Å². The van der Waals surface area contributed by atoms with Crippen molar-refractivity contribution in [2.75, 3.05) is 6.61 Å². The van der Waals surface area contributed by atoms with Crippen LogP contribution in [0.4, 0.5) is 0 Å². The number of hydrogen-bond acceptors (Lipinski definition) is 3. The van der Waals surface area contributed by atoms with Crippen LogP contribution in [0.15, 0.2) is 0 Å². The van der Waals surface area contributed by atoms with Gasteiger partial charge in [0.25, 0.3) is 0 Å². The summed E-state index contributed by atoms with van der Waals surface area (Å²) in [7, 11) is 0. The third-order valence-electron chi connectivity index (χ3n) is 8.10. The van der Waals surface area contributed by atoms with Crippen LogP contribution in [-0.2, 0) is 9.63 Å². The van der Waals surface area contributed by atoms with E-state index in [0.29, 0.717) is 0 Å². The Morgan fingerprint density at radius 3 is 1.57 bits per heavy atom. The highest BCUT2D eigenvalue weighted by molar-refractivity contribution is 5.70. The lowest BCUT2D eigenvalue weighted by Crippen LogP contribution is -2.61. The van der Waals surface area contributed by atoms with Crippen molar-refractivity contribution in [3.63, 3.8) is 0 Å². The van der Waals surface area contributed by atoms with E-state index in [1.165, 1.54) is 89.9 Å². The molecule has 35 heavy (non-hydrogen) atoms. The molecule has 1 atom stereocenters. The van der Waals surface area contributed by atoms with E-state index < -0.39 is 5.97 Å². The summed E-state index contributed by atoms with van der Waals surface area (Å²) in [5.74, 6) is -0.618. The lowest BCUT2D eigenvalue weighted by atomic mass is 9.69. The van der Waals surface area contributed by atoms with Crippen molar-refractivity contribution in [1.82, 2.24) is 5.06 Å². The highest BCUT2D eigenvalue weighted by atomic mass is 16.7. The van der Waals surface area contributed by atoms with Gasteiger partial charge in [-0.15, -0.1) is 0 Å². The van der Waals surface area contributed by atoms with Crippen LogP contribution in [0.2, 0.25) is 0 Å². The Hall–Kier alpha value is -0.610. The topological polar surface area (TPSA) is 49.8 Å². The molecule has 1 rings (SSSR count). The molecule has 0 aromatic rings. The third kappa shape index (κ3) is 13.0. The Morgan fingerprint density at radius 2 is 1.14 bits per heavy atom. The molecule has 1 saturated heterocycles. The second kappa shape index (κ2) is 17.8. The van der Waals surface area contributed by atoms with Gasteiger partial charge in [-0.3, -0.25) is 9.63 Å². The average molecular weight is 496 g/mol. The van der Waals surface area contributed by atoms with Gasteiger partial charge in [-0.25, -0.2) is 0 Å². The molecule has 0 aromatic carbocycles. The van der Waals surface area contributed by atoms with Gasteiger partial charge in [-0.2, -0.15) is 5.06 Å². The largest absolute Gasteiger partial charge is 0.481 e. The van der Waals surface area contributed by atoms with E-state index in [4.69, 9.17) is 4.84 Å². The smallest absolute Gasteiger partial charge is 0.306 e. The fraction of sp³-hybridized carbons (Fsp3) is 0.968. The van der Waals surface area contributed by atoms with Crippen LogP contribution >= 0.6 is 0 Å². The van der Waals surface area contributed by atoms with Gasteiger partial charge >= 0.3 is 5.97 Å². The first kappa shape index (κ1) is 32.4. The second-order valence-electron chi connectivity index (χ2n) is 12.6. The van der Waals surface area contributed by atoms with Gasteiger partial charge < -0.3 is 5.11 Å². The Bertz CT molecular complexity index is 527. The van der Waals surface area contributed by atoms with Crippen LogP contribution in [0.5, 0.6) is 0 Å². The number of carboxylic acid groups (broad SMARTS) is 1. The van der Waals surface area contributed by atoms with Crippen molar-refractivity contribution >= 4 is 5.97 Å². The SMILES string of the molecule is CCCCCCCCCCCCCCC(C(=O)O)C1CC(C)(C)N(OCCCCCC)C(C)(C)C1. The number of nitrogens with zero attached hydrogens (tertiary/aromatic N) is 1. The third-order valence-corrected chi connectivity index (χ3v) is 8.10. The molecule has 1 heterocycles. The predicted octanol–water partition coefficient (Wildman–Crippen LogP) is 9.56. The molecule has 0 bridgehead atoms. The molecule has 4 nitrogen and oxygen atoms in total. The lowest BCUT2D eigenvalue weighted by Gasteiger charge is -2.54. The zero-order valence-corrected chi connectivity index (χ0v) is 24.5. The summed E-state index contributed by atoms with van der Waals surface area (Å²) in [6, 6.07) is 0. The van der Waals surface area contributed by atoms with Crippen LogP contribution in [0.25, 0.3) is 0 Å². The quantitative estimate of drug-likeness (QED) is 0.161. The first-order valence-electron chi connectivity index (χ1n) is 15.3. The van der Waals surface area contributed by atoms with Crippen molar-refractivity contribution in [3.05, 3.63) is 0 Å². The summed E-state index contributed by atoms with van der Waals surface area (Å²) < 4.78 is 0. The van der Waals surface area contributed by atoms with E-state index in [-0.39, 0.29) is 22.9 Å². The minimum absolute atomic E-state index is 0.151. The Kier molecular flexibility index (Phi) is 16.5. The first-order valence-corrected chi connectivity index (χ1v) is 15.3. The van der Waals surface area contributed by atoms with Gasteiger partial charge in [0, 0.05) is 11.1 Å². The Labute approximate surface area is 218 Å². The van der Waals surface area contributed by atoms with E-state index in [9.17, 15) is 9.90 Å². The van der Waals surface area contributed by atoms with Crippen LogP contribution in [0.3, 0.4) is 0 Å². The summed E-state index contributed by atoms with van der Waals surface area (Å²) in [5, 5.41) is 12.3. The number of hydrogen-bond donors (Lipinski definition) is 1. The summed E-state index contributed by atoms with van der Waals surface area (Å²) >= 11 is 0. The molecule has 1 N–H and O–H groups in total. The van der Waals surface area contributed by atoms with Gasteiger partial charge in [0.15, 0.2) is 0 Å². The second-order valence-corrected chi connectivity index (χ2v) is 12.6. The van der Waals surface area contributed by atoms with Gasteiger partial charge in [0.1, 0.15) is 0 Å². The van der Waals surface area contributed by atoms with Gasteiger partial charge in [-0.1, -0.05) is 110 Å². The maximum atomic E-state index is 12.3. The molecule has 1 aliphatic heterocycles. The Balaban J connectivity index is 2.39. The van der Waals surface area contributed by atoms with Crippen molar-refractivity contribution in [2.45, 2.75) is 175 Å². The van der Waals surface area contributed by atoms with E-state index in [1.807, 2.05) is 0 Å². The number of aliphatic carboxylic acids is 1. The lowest BCUT2D eigenvalue weighted by molar-refractivity contribution is -0.290. The van der Waals surface area contributed by atoms with Gasteiger partial charge in [-0.05, 0) is 59.3 Å². The zero-order chi connectivity index (χ0) is 26.2. The molecular formula is C31H61NO3. The molecule has 1 fully saturated rings. The number of carboxylic acids is 1. The molecular weight excluding hydrogens is 434 g/mol. The highest BCUT2D eigenvalue weighted by Gasteiger charge is 2.49. The number of rotatable bonds is 21. The Morgan fingerprint density at radius 1 is 0.743 bits per heavy atom. The van der Waals surface area contributed by atoms with E-state index in [2.05, 4.69) is 46.6 Å². The van der Waals surface area contributed by atoms with Gasteiger partial charge in [0.2, 0.25) is 0 Å². The first-order chi connectivity index (χ1) is 16.7. The molecule has 0 aliphatic carbocycles. The summed E-state index contributed by atoms with van der Waals surface area (Å²) in [5.41, 5.74) is -0.303. The standard InChI is InChI=1S/C31H61NO3/c1-7-9-11-13-14-15-16-17-18-19-20-21-23-28(29(33)34)27-25-30(3,4)32(31(5,6)26-27)35-24-22-12-10-8-2/h27-28H,7-26H2,1-6H3,(H,33,34). The van der Waals surface area contributed by atoms with Crippen molar-refractivity contribution < 1.29 is 14.7 Å². The van der Waals surface area contributed by atoms with Crippen molar-refractivity contribution in [2.24, 2.45) is 11.8 Å². The summed E-state index contributed by atoms with van der Waals surface area (Å²) in [6.45, 7) is 14.2. The van der Waals surface area contributed by atoms with Crippen LogP contribution in [0, 0.1) is 11.8 Å².